The Kier molecular flexibility index (Phi) is 5.96. The van der Waals surface area contributed by atoms with E-state index in [2.05, 4.69) is 0 Å². The van der Waals surface area contributed by atoms with Crippen molar-refractivity contribution in [3.63, 3.8) is 0 Å². The number of amides is 2. The third kappa shape index (κ3) is 4.15. The molecule has 2 saturated heterocycles. The maximum atomic E-state index is 12.4. The number of ether oxygens (including phenoxy) is 2. The van der Waals surface area contributed by atoms with Crippen LogP contribution in [0.1, 0.15) is 12.8 Å². The van der Waals surface area contributed by atoms with E-state index in [-0.39, 0.29) is 24.3 Å². The lowest BCUT2D eigenvalue weighted by Crippen LogP contribution is -2.56. The molecule has 0 bridgehead atoms. The first-order chi connectivity index (χ1) is 10.1. The van der Waals surface area contributed by atoms with Gasteiger partial charge in [-0.2, -0.15) is 0 Å². The molecule has 2 heterocycles. The van der Waals surface area contributed by atoms with Crippen LogP contribution in [0.15, 0.2) is 0 Å². The van der Waals surface area contributed by atoms with Gasteiger partial charge in [-0.25, -0.2) is 0 Å². The number of methoxy groups -OCH3 is 1. The molecule has 0 aromatic carbocycles. The number of nitrogens with zero attached hydrogens (tertiary/aromatic N) is 2. The topological polar surface area (TPSA) is 85.1 Å². The highest BCUT2D eigenvalue weighted by atomic mass is 16.5. The van der Waals surface area contributed by atoms with Crippen LogP contribution >= 0.6 is 0 Å². The summed E-state index contributed by atoms with van der Waals surface area (Å²) in [6.45, 7) is 3.66. The Hall–Kier alpha value is -1.18. The van der Waals surface area contributed by atoms with Crippen molar-refractivity contribution in [2.24, 2.45) is 11.7 Å². The summed E-state index contributed by atoms with van der Waals surface area (Å²) < 4.78 is 10.1. The summed E-state index contributed by atoms with van der Waals surface area (Å²) in [6.07, 6.45) is 1.69. The zero-order valence-corrected chi connectivity index (χ0v) is 12.6. The predicted molar refractivity (Wildman–Crippen MR) is 76.6 cm³/mol. The van der Waals surface area contributed by atoms with Crippen LogP contribution in [0.2, 0.25) is 0 Å². The van der Waals surface area contributed by atoms with Gasteiger partial charge in [-0.05, 0) is 18.8 Å². The minimum atomic E-state index is -0.449. The van der Waals surface area contributed by atoms with Gasteiger partial charge in [0.15, 0.2) is 0 Å². The molecule has 0 radical (unpaired) electrons. The van der Waals surface area contributed by atoms with Gasteiger partial charge in [0.05, 0.1) is 6.04 Å². The minimum Gasteiger partial charge on any atom is -0.381 e. The van der Waals surface area contributed by atoms with Crippen LogP contribution in [0.5, 0.6) is 0 Å². The lowest BCUT2D eigenvalue weighted by molar-refractivity contribution is -0.143. The van der Waals surface area contributed by atoms with E-state index < -0.39 is 6.04 Å². The Morgan fingerprint density at radius 2 is 1.76 bits per heavy atom. The van der Waals surface area contributed by atoms with E-state index >= 15 is 0 Å². The maximum absolute atomic E-state index is 12.4. The van der Waals surface area contributed by atoms with Gasteiger partial charge in [0.2, 0.25) is 11.8 Å². The molecular formula is C14H25N3O4. The number of hydrogen-bond donors (Lipinski definition) is 1. The molecule has 0 spiro atoms. The molecule has 2 amide bonds. The molecule has 0 aromatic heterocycles. The second-order valence-corrected chi connectivity index (χ2v) is 5.61. The van der Waals surface area contributed by atoms with Crippen molar-refractivity contribution < 1.29 is 19.1 Å². The van der Waals surface area contributed by atoms with Crippen LogP contribution in [0.25, 0.3) is 0 Å². The van der Waals surface area contributed by atoms with Crippen LogP contribution in [-0.2, 0) is 19.1 Å². The summed E-state index contributed by atoms with van der Waals surface area (Å²) in [4.78, 5) is 27.7. The van der Waals surface area contributed by atoms with Gasteiger partial charge >= 0.3 is 0 Å². The number of piperazine rings is 1. The summed E-state index contributed by atoms with van der Waals surface area (Å²) in [6, 6.07) is -0.449. The fraction of sp³-hybridized carbons (Fsp3) is 0.857. The minimum absolute atomic E-state index is 0.000686. The first-order valence-corrected chi connectivity index (χ1v) is 7.52. The SMILES string of the molecule is COCC(=O)N1CCN(C(=O)C(N)C2CCOCC2)CC1. The molecule has 21 heavy (non-hydrogen) atoms. The van der Waals surface area contributed by atoms with Crippen molar-refractivity contribution in [3.8, 4) is 0 Å². The molecule has 0 aliphatic carbocycles. The zero-order chi connectivity index (χ0) is 15.2. The summed E-state index contributed by atoms with van der Waals surface area (Å²) in [5.41, 5.74) is 6.12. The fourth-order valence-corrected chi connectivity index (χ4v) is 2.88. The molecule has 2 aliphatic rings. The van der Waals surface area contributed by atoms with Crippen LogP contribution in [-0.4, -0.2) is 80.8 Å². The highest BCUT2D eigenvalue weighted by Gasteiger charge is 2.32. The standard InChI is InChI=1S/C14H25N3O4/c1-20-10-12(18)16-4-6-17(7-5-16)14(19)13(15)11-2-8-21-9-3-11/h11,13H,2-10,15H2,1H3. The maximum Gasteiger partial charge on any atom is 0.248 e. The summed E-state index contributed by atoms with van der Waals surface area (Å²) in [5.74, 6) is 0.179. The number of nitrogens with two attached hydrogens (primary N) is 1. The highest BCUT2D eigenvalue weighted by molar-refractivity contribution is 5.83. The van der Waals surface area contributed by atoms with E-state index in [1.807, 2.05) is 0 Å². The van der Waals surface area contributed by atoms with E-state index in [0.717, 1.165) is 12.8 Å². The van der Waals surface area contributed by atoms with Gasteiger partial charge in [-0.15, -0.1) is 0 Å². The number of carbonyl (C=O) groups is 2. The van der Waals surface area contributed by atoms with Crippen molar-refractivity contribution in [1.82, 2.24) is 9.80 Å². The molecule has 1 atom stereocenters. The van der Waals surface area contributed by atoms with Crippen LogP contribution < -0.4 is 5.73 Å². The first-order valence-electron chi connectivity index (χ1n) is 7.52. The largest absolute Gasteiger partial charge is 0.381 e. The molecule has 1 unspecified atom stereocenters. The third-order valence-electron chi connectivity index (χ3n) is 4.27. The normalized spacial score (nSPS) is 22.2. The Morgan fingerprint density at radius 3 is 2.33 bits per heavy atom. The lowest BCUT2D eigenvalue weighted by Gasteiger charge is -2.37. The molecule has 2 aliphatic heterocycles. The average Bonchev–Trinajstić information content (AvgIpc) is 2.54. The molecule has 0 saturated carbocycles. The fourth-order valence-electron chi connectivity index (χ4n) is 2.88. The summed E-state index contributed by atoms with van der Waals surface area (Å²) in [5, 5.41) is 0. The second kappa shape index (κ2) is 7.72. The Bertz CT molecular complexity index is 363. The summed E-state index contributed by atoms with van der Waals surface area (Å²) >= 11 is 0. The van der Waals surface area contributed by atoms with Crippen LogP contribution in [0.4, 0.5) is 0 Å². The Balaban J connectivity index is 1.80. The molecule has 2 rings (SSSR count). The van der Waals surface area contributed by atoms with Crippen molar-refractivity contribution >= 4 is 11.8 Å². The Morgan fingerprint density at radius 1 is 1.19 bits per heavy atom. The van der Waals surface area contributed by atoms with E-state index in [9.17, 15) is 9.59 Å². The smallest absolute Gasteiger partial charge is 0.248 e. The van der Waals surface area contributed by atoms with Gasteiger partial charge in [0.1, 0.15) is 6.61 Å². The highest BCUT2D eigenvalue weighted by Crippen LogP contribution is 2.19. The monoisotopic (exact) mass is 299 g/mol. The Labute approximate surface area is 125 Å². The van der Waals surface area contributed by atoms with E-state index in [0.29, 0.717) is 39.4 Å². The third-order valence-corrected chi connectivity index (χ3v) is 4.27. The molecule has 120 valence electrons. The molecule has 2 N–H and O–H groups in total. The van der Waals surface area contributed by atoms with Gasteiger partial charge in [0, 0.05) is 46.5 Å². The van der Waals surface area contributed by atoms with E-state index in [4.69, 9.17) is 15.2 Å². The van der Waals surface area contributed by atoms with E-state index in [1.165, 1.54) is 7.11 Å². The quantitative estimate of drug-likeness (QED) is 0.724. The average molecular weight is 299 g/mol. The van der Waals surface area contributed by atoms with Gasteiger partial charge in [0.25, 0.3) is 0 Å². The summed E-state index contributed by atoms with van der Waals surface area (Å²) in [7, 11) is 1.50. The number of hydrogen-bond acceptors (Lipinski definition) is 5. The lowest BCUT2D eigenvalue weighted by atomic mass is 9.91. The van der Waals surface area contributed by atoms with Crippen molar-refractivity contribution in [2.75, 3.05) is 53.1 Å². The second-order valence-electron chi connectivity index (χ2n) is 5.61. The van der Waals surface area contributed by atoms with Gasteiger partial charge in [-0.1, -0.05) is 0 Å². The van der Waals surface area contributed by atoms with E-state index in [1.54, 1.807) is 9.80 Å². The first kappa shape index (κ1) is 16.2. The zero-order valence-electron chi connectivity index (χ0n) is 12.6. The predicted octanol–water partition coefficient (Wildman–Crippen LogP) is -0.942. The molecule has 7 heteroatoms. The van der Waals surface area contributed by atoms with Gasteiger partial charge in [-0.3, -0.25) is 9.59 Å². The van der Waals surface area contributed by atoms with Crippen LogP contribution in [0.3, 0.4) is 0 Å². The van der Waals surface area contributed by atoms with Crippen molar-refractivity contribution in [2.45, 2.75) is 18.9 Å². The molecule has 7 nitrogen and oxygen atoms in total. The van der Waals surface area contributed by atoms with Crippen LogP contribution in [0, 0.1) is 5.92 Å². The van der Waals surface area contributed by atoms with Gasteiger partial charge < -0.3 is 25.0 Å². The molecule has 2 fully saturated rings. The number of rotatable bonds is 4. The van der Waals surface area contributed by atoms with Crippen molar-refractivity contribution in [1.29, 1.82) is 0 Å². The molecular weight excluding hydrogens is 274 g/mol. The number of carbonyl (C=O) groups excluding carboxylic acids is 2. The van der Waals surface area contributed by atoms with Crippen molar-refractivity contribution in [3.05, 3.63) is 0 Å². The molecule has 0 aromatic rings.